The average Bonchev–Trinajstić information content (AvgIpc) is 3.76. The molecule has 302 valence electrons. The van der Waals surface area contributed by atoms with Gasteiger partial charge in [0.1, 0.15) is 35.7 Å². The zero-order chi connectivity index (χ0) is 41.7. The number of aromatic hydroxyl groups is 2. The summed E-state index contributed by atoms with van der Waals surface area (Å²) in [4.78, 5) is 84.0. The molecule has 6 N–H and O–H groups in total. The first kappa shape index (κ1) is 41.2. The normalized spacial score (nSPS) is 18.6. The standard InChI is InChI=1S/C43H45ClN6O8/c1-24-39(54)48-34(41(56)47-25(2)43(58)50-18-4-5-19-50)21-26-6-16-35(51)32(20-26)33-22-30(13-17-36(33)52)38(42(57)46-24)49(3)37(53)23-45-40(55)29-9-7-27(8-10-29)28-11-14-31(44)15-12-28/h6-17,20,22,24-25,34,38,51-52H,4-5,18-19,21,23H2,1-3H3,(H,45,55)(H,46,57)(H,47,56)(H,48,54)/t24-,25-,34?,38?/m0/s1. The number of nitrogens with one attached hydrogen (secondary N) is 4. The third-order valence-corrected chi connectivity index (χ3v) is 10.7. The minimum atomic E-state index is -1.39. The van der Waals surface area contributed by atoms with Crippen LogP contribution in [0.15, 0.2) is 84.9 Å². The zero-order valence-electron chi connectivity index (χ0n) is 32.3. The Balaban J connectivity index is 1.24. The molecule has 2 heterocycles. The van der Waals surface area contributed by atoms with E-state index in [-0.39, 0.29) is 40.5 Å². The molecule has 4 aromatic rings. The molecule has 4 bridgehead atoms. The zero-order valence-corrected chi connectivity index (χ0v) is 33.0. The smallest absolute Gasteiger partial charge is 0.251 e. The lowest BCUT2D eigenvalue weighted by atomic mass is 9.93. The third kappa shape index (κ3) is 9.40. The summed E-state index contributed by atoms with van der Waals surface area (Å²) in [6, 6.07) is 18.1. The van der Waals surface area contributed by atoms with Gasteiger partial charge < -0.3 is 41.3 Å². The van der Waals surface area contributed by atoms with Gasteiger partial charge in [-0.15, -0.1) is 0 Å². The summed E-state index contributed by atoms with van der Waals surface area (Å²) < 4.78 is 0. The molecule has 1 saturated heterocycles. The van der Waals surface area contributed by atoms with E-state index in [9.17, 15) is 39.0 Å². The SMILES string of the molecule is C[C@@H]1NC(=O)C(N(C)C(=O)CNC(=O)c2ccc(-c3ccc(Cl)cc3)cc2)c2ccc(O)c(c2)-c2cc(ccc2O)CC(C(=O)N[C@@H](C)C(=O)N2CCCC2)NC1=O. The lowest BCUT2D eigenvalue weighted by Crippen LogP contribution is -2.57. The minimum absolute atomic E-state index is 0.0608. The van der Waals surface area contributed by atoms with Crippen LogP contribution in [-0.4, -0.2) is 100 Å². The highest BCUT2D eigenvalue weighted by Crippen LogP contribution is 2.38. The maximum Gasteiger partial charge on any atom is 0.251 e. The van der Waals surface area contributed by atoms with Crippen LogP contribution in [0.4, 0.5) is 0 Å². The van der Waals surface area contributed by atoms with Crippen molar-refractivity contribution >= 4 is 47.0 Å². The Labute approximate surface area is 340 Å². The number of carbonyl (C=O) groups is 6. The van der Waals surface area contributed by atoms with Gasteiger partial charge in [0.25, 0.3) is 5.91 Å². The fraction of sp³-hybridized carbons (Fsp3) is 0.302. The van der Waals surface area contributed by atoms with Crippen LogP contribution in [-0.2, 0) is 30.4 Å². The molecule has 0 saturated carbocycles. The molecule has 0 aromatic heterocycles. The Kier molecular flexibility index (Phi) is 12.7. The maximum atomic E-state index is 14.1. The largest absolute Gasteiger partial charge is 0.507 e. The summed E-state index contributed by atoms with van der Waals surface area (Å²) in [6.45, 7) is 3.70. The van der Waals surface area contributed by atoms with Gasteiger partial charge in [0.05, 0.1) is 6.54 Å². The first-order valence-corrected chi connectivity index (χ1v) is 19.3. The number of halogens is 1. The van der Waals surface area contributed by atoms with Crippen LogP contribution in [0.2, 0.25) is 5.02 Å². The lowest BCUT2D eigenvalue weighted by molar-refractivity contribution is -0.140. The number of amides is 6. The number of phenols is 2. The molecule has 14 nitrogen and oxygen atoms in total. The van der Waals surface area contributed by atoms with Crippen molar-refractivity contribution < 1.29 is 39.0 Å². The van der Waals surface area contributed by atoms with Crippen LogP contribution in [0, 0.1) is 0 Å². The minimum Gasteiger partial charge on any atom is -0.507 e. The number of phenolic OH excluding ortho intramolecular Hbond substituents is 2. The van der Waals surface area contributed by atoms with Crippen LogP contribution in [0.3, 0.4) is 0 Å². The first-order chi connectivity index (χ1) is 27.7. The fourth-order valence-corrected chi connectivity index (χ4v) is 7.21. The van der Waals surface area contributed by atoms with E-state index in [1.807, 2.05) is 12.1 Å². The second kappa shape index (κ2) is 17.8. The second-order valence-electron chi connectivity index (χ2n) is 14.6. The van der Waals surface area contributed by atoms with E-state index in [4.69, 9.17) is 11.6 Å². The molecule has 2 unspecified atom stereocenters. The van der Waals surface area contributed by atoms with Crippen LogP contribution in [0.5, 0.6) is 11.5 Å². The van der Waals surface area contributed by atoms with Gasteiger partial charge in [-0.1, -0.05) is 48.0 Å². The average molecular weight is 809 g/mol. The van der Waals surface area contributed by atoms with Crippen molar-refractivity contribution in [3.8, 4) is 33.8 Å². The summed E-state index contributed by atoms with van der Waals surface area (Å²) in [5, 5.41) is 33.2. The number of nitrogens with zero attached hydrogens (tertiary/aromatic N) is 2. The molecule has 58 heavy (non-hydrogen) atoms. The van der Waals surface area contributed by atoms with Crippen LogP contribution in [0.1, 0.15) is 54.2 Å². The number of hydrogen-bond donors (Lipinski definition) is 6. The van der Waals surface area contributed by atoms with Crippen LogP contribution in [0.25, 0.3) is 22.3 Å². The molecule has 15 heteroatoms. The molecule has 0 aliphatic carbocycles. The van der Waals surface area contributed by atoms with Gasteiger partial charge in [-0.25, -0.2) is 0 Å². The molecular formula is C43H45ClN6O8. The monoisotopic (exact) mass is 808 g/mol. The topological polar surface area (TPSA) is 197 Å². The van der Waals surface area contributed by atoms with Crippen molar-refractivity contribution in [3.63, 3.8) is 0 Å². The summed E-state index contributed by atoms with van der Waals surface area (Å²) in [7, 11) is 1.36. The lowest BCUT2D eigenvalue weighted by Gasteiger charge is -2.30. The van der Waals surface area contributed by atoms with Gasteiger partial charge in [-0.3, -0.25) is 28.8 Å². The number of benzene rings is 4. The Morgan fingerprint density at radius 1 is 0.845 bits per heavy atom. The van der Waals surface area contributed by atoms with E-state index in [1.54, 1.807) is 60.4 Å². The van der Waals surface area contributed by atoms with Crippen molar-refractivity contribution in [2.24, 2.45) is 0 Å². The summed E-state index contributed by atoms with van der Waals surface area (Å²) in [5.41, 5.74) is 3.09. The van der Waals surface area contributed by atoms with E-state index in [1.165, 1.54) is 38.2 Å². The predicted octanol–water partition coefficient (Wildman–Crippen LogP) is 3.69. The third-order valence-electron chi connectivity index (χ3n) is 10.4. The summed E-state index contributed by atoms with van der Waals surface area (Å²) >= 11 is 6.00. The number of carbonyl (C=O) groups excluding carboxylic acids is 6. The van der Waals surface area contributed by atoms with E-state index < -0.39 is 60.2 Å². The Bertz CT molecular complexity index is 2220. The first-order valence-electron chi connectivity index (χ1n) is 18.9. The summed E-state index contributed by atoms with van der Waals surface area (Å²) in [6.07, 6.45) is 1.69. The highest BCUT2D eigenvalue weighted by molar-refractivity contribution is 6.30. The van der Waals surface area contributed by atoms with Crippen molar-refractivity contribution in [1.29, 1.82) is 0 Å². The Morgan fingerprint density at radius 3 is 2.10 bits per heavy atom. The molecule has 1 fully saturated rings. The van der Waals surface area contributed by atoms with Gasteiger partial charge in [-0.2, -0.15) is 0 Å². The fourth-order valence-electron chi connectivity index (χ4n) is 7.09. The van der Waals surface area contributed by atoms with E-state index in [2.05, 4.69) is 21.3 Å². The van der Waals surface area contributed by atoms with Gasteiger partial charge in [-0.05, 0) is 97.5 Å². The van der Waals surface area contributed by atoms with E-state index in [0.717, 1.165) is 28.9 Å². The molecule has 0 radical (unpaired) electrons. The van der Waals surface area contributed by atoms with Crippen LogP contribution >= 0.6 is 11.6 Å². The molecular weight excluding hydrogens is 764 g/mol. The highest BCUT2D eigenvalue weighted by atomic mass is 35.5. The predicted molar refractivity (Wildman–Crippen MR) is 217 cm³/mol. The molecule has 0 spiro atoms. The molecule has 2 aliphatic rings. The van der Waals surface area contributed by atoms with Crippen LogP contribution < -0.4 is 21.3 Å². The van der Waals surface area contributed by atoms with Gasteiger partial charge in [0, 0.05) is 48.3 Å². The quantitative estimate of drug-likeness (QED) is 0.155. The molecule has 4 aromatic carbocycles. The maximum absolute atomic E-state index is 14.1. The number of fused-ring (bicyclic) bond motifs is 5. The van der Waals surface area contributed by atoms with Gasteiger partial charge in [0.15, 0.2) is 0 Å². The molecule has 6 rings (SSSR count). The molecule has 6 amide bonds. The molecule has 4 atom stereocenters. The second-order valence-corrected chi connectivity index (χ2v) is 15.0. The van der Waals surface area contributed by atoms with Crippen molar-refractivity contribution in [1.82, 2.24) is 31.1 Å². The van der Waals surface area contributed by atoms with Crippen molar-refractivity contribution in [3.05, 3.63) is 107 Å². The van der Waals surface area contributed by atoms with E-state index >= 15 is 0 Å². The number of likely N-dealkylation sites (N-methyl/N-ethyl adjacent to an activating group) is 1. The number of rotatable bonds is 8. The van der Waals surface area contributed by atoms with E-state index in [0.29, 0.717) is 29.2 Å². The number of hydrogen-bond acceptors (Lipinski definition) is 8. The Hall–Kier alpha value is -6.41. The van der Waals surface area contributed by atoms with Crippen molar-refractivity contribution in [2.75, 3.05) is 26.7 Å². The van der Waals surface area contributed by atoms with Gasteiger partial charge in [0.2, 0.25) is 29.5 Å². The highest BCUT2D eigenvalue weighted by Gasteiger charge is 2.34. The number of likely N-dealkylation sites (tertiary alicyclic amines) is 1. The Morgan fingerprint density at radius 2 is 1.45 bits per heavy atom. The summed E-state index contributed by atoms with van der Waals surface area (Å²) in [5.74, 6) is -4.01. The molecule has 2 aliphatic heterocycles. The van der Waals surface area contributed by atoms with Crippen molar-refractivity contribution in [2.45, 2.75) is 57.3 Å². The van der Waals surface area contributed by atoms with Gasteiger partial charge >= 0.3 is 0 Å².